The SMILES string of the molecule is CNC(=O)N1CC[C@@H](NS(=O)(=O)c2ccc(OCc3cc(C)nc4ccccc34)cc2)[C@](C)(C(=O)NO)C1. The number of piperidine rings is 1. The molecule has 0 radical (unpaired) electrons. The quantitative estimate of drug-likeness (QED) is 0.265. The van der Waals surface area contributed by atoms with Gasteiger partial charge < -0.3 is 15.0 Å². The van der Waals surface area contributed by atoms with Crippen LogP contribution in [0, 0.1) is 12.3 Å². The summed E-state index contributed by atoms with van der Waals surface area (Å²) in [6.07, 6.45) is 0.178. The van der Waals surface area contributed by atoms with E-state index in [9.17, 15) is 23.2 Å². The van der Waals surface area contributed by atoms with Gasteiger partial charge in [-0.15, -0.1) is 0 Å². The topological polar surface area (TPSA) is 150 Å². The van der Waals surface area contributed by atoms with Crippen molar-refractivity contribution in [2.24, 2.45) is 5.41 Å². The van der Waals surface area contributed by atoms with Gasteiger partial charge in [-0.2, -0.15) is 0 Å². The third-order valence-electron chi connectivity index (χ3n) is 6.85. The molecule has 4 N–H and O–H groups in total. The zero-order valence-corrected chi connectivity index (χ0v) is 22.2. The number of aryl methyl sites for hydroxylation is 1. The van der Waals surface area contributed by atoms with E-state index in [-0.39, 0.29) is 31.0 Å². The van der Waals surface area contributed by atoms with Crippen molar-refractivity contribution in [2.45, 2.75) is 37.8 Å². The minimum absolute atomic E-state index is 0.00413. The molecule has 4 rings (SSSR count). The molecule has 1 aliphatic heterocycles. The third kappa shape index (κ3) is 5.57. The Hall–Kier alpha value is -3.74. The summed E-state index contributed by atoms with van der Waals surface area (Å²) >= 11 is 0. The van der Waals surface area contributed by atoms with E-state index in [0.29, 0.717) is 5.75 Å². The van der Waals surface area contributed by atoms with Gasteiger partial charge in [-0.05, 0) is 56.7 Å². The Morgan fingerprint density at radius 1 is 1.18 bits per heavy atom. The van der Waals surface area contributed by atoms with E-state index < -0.39 is 33.4 Å². The number of rotatable bonds is 7. The van der Waals surface area contributed by atoms with E-state index in [1.54, 1.807) is 17.6 Å². The molecule has 202 valence electrons. The van der Waals surface area contributed by atoms with Crippen molar-refractivity contribution in [2.75, 3.05) is 20.1 Å². The molecule has 11 nitrogen and oxygen atoms in total. The van der Waals surface area contributed by atoms with E-state index in [4.69, 9.17) is 4.74 Å². The molecule has 1 fully saturated rings. The zero-order chi connectivity index (χ0) is 27.5. The van der Waals surface area contributed by atoms with Gasteiger partial charge in [0.2, 0.25) is 10.0 Å². The summed E-state index contributed by atoms with van der Waals surface area (Å²) in [4.78, 5) is 30.6. The minimum atomic E-state index is -4.03. The summed E-state index contributed by atoms with van der Waals surface area (Å²) in [5.41, 5.74) is 2.92. The third-order valence-corrected chi connectivity index (χ3v) is 8.34. The predicted octanol–water partition coefficient (Wildman–Crippen LogP) is 2.33. The van der Waals surface area contributed by atoms with Gasteiger partial charge in [0.15, 0.2) is 0 Å². The first-order valence-electron chi connectivity index (χ1n) is 12.1. The first kappa shape index (κ1) is 27.3. The number of nitrogens with one attached hydrogen (secondary N) is 3. The maximum absolute atomic E-state index is 13.2. The summed E-state index contributed by atoms with van der Waals surface area (Å²) in [5, 5.41) is 12.8. The molecule has 2 aromatic carbocycles. The summed E-state index contributed by atoms with van der Waals surface area (Å²) < 4.78 is 34.9. The van der Waals surface area contributed by atoms with Gasteiger partial charge in [0.25, 0.3) is 5.91 Å². The fourth-order valence-corrected chi connectivity index (χ4v) is 6.10. The fourth-order valence-electron chi connectivity index (χ4n) is 4.71. The highest BCUT2D eigenvalue weighted by atomic mass is 32.2. The van der Waals surface area contributed by atoms with Gasteiger partial charge in [0.1, 0.15) is 12.4 Å². The highest BCUT2D eigenvalue weighted by Crippen LogP contribution is 2.32. The van der Waals surface area contributed by atoms with Crippen LogP contribution in [-0.4, -0.2) is 61.6 Å². The smallest absolute Gasteiger partial charge is 0.317 e. The number of likely N-dealkylation sites (tertiary alicyclic amines) is 1. The van der Waals surface area contributed by atoms with Crippen LogP contribution in [0.2, 0.25) is 0 Å². The predicted molar refractivity (Wildman–Crippen MR) is 140 cm³/mol. The lowest BCUT2D eigenvalue weighted by molar-refractivity contribution is -0.142. The van der Waals surface area contributed by atoms with Crippen molar-refractivity contribution in [3.8, 4) is 5.75 Å². The van der Waals surface area contributed by atoms with Crippen LogP contribution in [0.3, 0.4) is 0 Å². The van der Waals surface area contributed by atoms with Gasteiger partial charge in [-0.3, -0.25) is 15.0 Å². The number of urea groups is 1. The lowest BCUT2D eigenvalue weighted by Crippen LogP contribution is -2.63. The molecule has 3 amide bonds. The van der Waals surface area contributed by atoms with Crippen molar-refractivity contribution >= 4 is 32.9 Å². The molecular weight excluding hydrogens is 510 g/mol. The van der Waals surface area contributed by atoms with Crippen molar-refractivity contribution in [3.63, 3.8) is 0 Å². The average Bonchev–Trinajstić information content (AvgIpc) is 2.91. The Bertz CT molecular complexity index is 1450. The van der Waals surface area contributed by atoms with E-state index in [0.717, 1.165) is 22.2 Å². The average molecular weight is 542 g/mol. The summed E-state index contributed by atoms with van der Waals surface area (Å²) in [6.45, 7) is 3.86. The van der Waals surface area contributed by atoms with Gasteiger partial charge in [0.05, 0.1) is 15.8 Å². The number of ether oxygens (including phenoxy) is 1. The van der Waals surface area contributed by atoms with Crippen molar-refractivity contribution < 1.29 is 28.0 Å². The van der Waals surface area contributed by atoms with E-state index >= 15 is 0 Å². The number of sulfonamides is 1. The molecule has 0 spiro atoms. The molecule has 38 heavy (non-hydrogen) atoms. The zero-order valence-electron chi connectivity index (χ0n) is 21.4. The molecule has 3 aromatic rings. The molecular formula is C26H31N5O6S. The van der Waals surface area contributed by atoms with Gasteiger partial charge in [-0.1, -0.05) is 18.2 Å². The molecule has 1 saturated heterocycles. The molecule has 2 atom stereocenters. The Kier molecular flexibility index (Phi) is 7.86. The first-order valence-corrected chi connectivity index (χ1v) is 13.6. The van der Waals surface area contributed by atoms with Crippen LogP contribution in [0.25, 0.3) is 10.9 Å². The monoisotopic (exact) mass is 541 g/mol. The lowest BCUT2D eigenvalue weighted by Gasteiger charge is -2.44. The Morgan fingerprint density at radius 2 is 1.89 bits per heavy atom. The van der Waals surface area contributed by atoms with Crippen LogP contribution in [0.15, 0.2) is 59.5 Å². The standard InChI is InChI=1S/C26H31N5O6S/c1-17-14-18(21-6-4-5-7-22(21)28-17)15-37-19-8-10-20(11-9-19)38(35,36)30-23-12-13-31(25(33)27-3)16-26(23,2)24(32)29-34/h4-11,14,23,30,34H,12-13,15-16H2,1-3H3,(H,27,33)(H,29,32)/t23-,26-/m1/s1. The van der Waals surface area contributed by atoms with Crippen LogP contribution in [0.1, 0.15) is 24.6 Å². The number of benzene rings is 2. The van der Waals surface area contributed by atoms with E-state index in [1.165, 1.54) is 31.0 Å². The Labute approximate surface area is 221 Å². The normalized spacial score (nSPS) is 19.7. The Morgan fingerprint density at radius 3 is 2.58 bits per heavy atom. The van der Waals surface area contributed by atoms with Gasteiger partial charge in [-0.25, -0.2) is 23.4 Å². The highest BCUT2D eigenvalue weighted by Gasteiger charge is 2.48. The highest BCUT2D eigenvalue weighted by molar-refractivity contribution is 7.89. The number of para-hydroxylation sites is 1. The maximum atomic E-state index is 13.2. The van der Waals surface area contributed by atoms with Crippen molar-refractivity contribution in [1.29, 1.82) is 0 Å². The van der Waals surface area contributed by atoms with Crippen LogP contribution in [0.4, 0.5) is 4.79 Å². The summed E-state index contributed by atoms with van der Waals surface area (Å²) in [5.74, 6) is -0.299. The number of hydroxylamine groups is 1. The molecule has 12 heteroatoms. The molecule has 0 saturated carbocycles. The Balaban J connectivity index is 1.48. The number of hydrogen-bond donors (Lipinski definition) is 4. The molecule has 1 aliphatic rings. The lowest BCUT2D eigenvalue weighted by atomic mass is 9.77. The summed E-state index contributed by atoms with van der Waals surface area (Å²) in [7, 11) is -2.56. The van der Waals surface area contributed by atoms with Crippen molar-refractivity contribution in [1.82, 2.24) is 25.4 Å². The number of nitrogens with zero attached hydrogens (tertiary/aromatic N) is 2. The molecule has 0 aliphatic carbocycles. The maximum Gasteiger partial charge on any atom is 0.317 e. The molecule has 0 bridgehead atoms. The molecule has 2 heterocycles. The second-order valence-corrected chi connectivity index (χ2v) is 11.2. The van der Waals surface area contributed by atoms with E-state index in [2.05, 4.69) is 15.0 Å². The van der Waals surface area contributed by atoms with Crippen LogP contribution in [0.5, 0.6) is 5.75 Å². The minimum Gasteiger partial charge on any atom is -0.489 e. The number of aromatic nitrogens is 1. The number of amides is 3. The van der Waals surface area contributed by atoms with Crippen LogP contribution < -0.4 is 20.3 Å². The first-order chi connectivity index (χ1) is 18.1. The number of pyridine rings is 1. The van der Waals surface area contributed by atoms with E-state index in [1.807, 2.05) is 37.3 Å². The number of carbonyl (C=O) groups is 2. The second kappa shape index (κ2) is 10.9. The van der Waals surface area contributed by atoms with Crippen molar-refractivity contribution in [3.05, 3.63) is 65.9 Å². The number of hydrogen-bond acceptors (Lipinski definition) is 7. The molecule has 0 unspecified atom stereocenters. The second-order valence-electron chi connectivity index (χ2n) is 9.50. The summed E-state index contributed by atoms with van der Waals surface area (Å²) in [6, 6.07) is 14.5. The van der Waals surface area contributed by atoms with Gasteiger partial charge >= 0.3 is 6.03 Å². The fraction of sp³-hybridized carbons (Fsp3) is 0.346. The number of fused-ring (bicyclic) bond motifs is 1. The largest absolute Gasteiger partial charge is 0.489 e. The van der Waals surface area contributed by atoms with Gasteiger partial charge in [0, 0.05) is 42.8 Å². The number of carbonyl (C=O) groups excluding carboxylic acids is 2. The van der Waals surface area contributed by atoms with Crippen LogP contribution in [-0.2, 0) is 21.4 Å². The molecule has 1 aromatic heterocycles. The van der Waals surface area contributed by atoms with Crippen LogP contribution >= 0.6 is 0 Å².